The molecule has 4 aromatic rings. The number of nitrogens with one attached hydrogen (secondary N) is 3. The minimum absolute atomic E-state index is 0.154. The molecular formula is C18H14N6O3. The van der Waals surface area contributed by atoms with Gasteiger partial charge in [-0.1, -0.05) is 5.18 Å². The molecule has 9 heteroatoms. The number of aromatic amines is 2. The highest BCUT2D eigenvalue weighted by molar-refractivity contribution is 6.03. The fourth-order valence-electron chi connectivity index (χ4n) is 2.93. The van der Waals surface area contributed by atoms with Crippen LogP contribution >= 0.6 is 0 Å². The molecule has 0 radical (unpaired) electrons. The van der Waals surface area contributed by atoms with Crippen LogP contribution in [0.25, 0.3) is 22.2 Å². The number of hydrogen-bond acceptors (Lipinski definition) is 7. The number of nitroso groups, excluding NO2 is 1. The Morgan fingerprint density at radius 2 is 1.93 bits per heavy atom. The molecule has 0 aliphatic carbocycles. The largest absolute Gasteiger partial charge is 0.508 e. The maximum absolute atomic E-state index is 12.4. The lowest BCUT2D eigenvalue weighted by atomic mass is 10.0. The van der Waals surface area contributed by atoms with Crippen molar-refractivity contribution >= 4 is 22.4 Å². The SMILES string of the molecule is O=NCc1nnc2[nH]cc(Nc3ccc(O)cc3)c2c1-c1ccc[nH]c1=O. The van der Waals surface area contributed by atoms with Gasteiger partial charge in [0.15, 0.2) is 5.65 Å². The molecule has 1 aromatic carbocycles. The number of benzene rings is 1. The van der Waals surface area contributed by atoms with Crippen LogP contribution < -0.4 is 10.9 Å². The summed E-state index contributed by atoms with van der Waals surface area (Å²) in [6.07, 6.45) is 3.23. The number of nitrogens with zero attached hydrogens (tertiary/aromatic N) is 3. The number of H-pyrrole nitrogens is 2. The van der Waals surface area contributed by atoms with Gasteiger partial charge < -0.3 is 20.4 Å². The molecule has 0 bridgehead atoms. The van der Waals surface area contributed by atoms with Crippen molar-refractivity contribution < 1.29 is 5.11 Å². The van der Waals surface area contributed by atoms with E-state index in [-0.39, 0.29) is 17.9 Å². The zero-order valence-corrected chi connectivity index (χ0v) is 13.9. The number of aromatic hydroxyl groups is 1. The summed E-state index contributed by atoms with van der Waals surface area (Å²) < 4.78 is 0. The minimum Gasteiger partial charge on any atom is -0.508 e. The Balaban J connectivity index is 1.95. The van der Waals surface area contributed by atoms with Gasteiger partial charge in [0.2, 0.25) is 0 Å². The molecule has 0 aliphatic rings. The highest BCUT2D eigenvalue weighted by Gasteiger charge is 2.19. The molecule has 0 amide bonds. The number of rotatable bonds is 5. The lowest BCUT2D eigenvalue weighted by Gasteiger charge is -2.10. The Hall–Kier alpha value is -4.01. The molecule has 0 atom stereocenters. The Labute approximate surface area is 152 Å². The number of phenolic OH excluding ortho intramolecular Hbond substituents is 1. The van der Waals surface area contributed by atoms with Crippen molar-refractivity contribution in [1.29, 1.82) is 0 Å². The van der Waals surface area contributed by atoms with Gasteiger partial charge in [-0.05, 0) is 36.4 Å². The zero-order valence-electron chi connectivity index (χ0n) is 13.9. The van der Waals surface area contributed by atoms with Crippen LogP contribution in [0.2, 0.25) is 0 Å². The molecule has 0 unspecified atom stereocenters. The molecular weight excluding hydrogens is 348 g/mol. The topological polar surface area (TPSA) is 136 Å². The van der Waals surface area contributed by atoms with E-state index in [9.17, 15) is 14.8 Å². The molecule has 0 spiro atoms. The average molecular weight is 362 g/mol. The average Bonchev–Trinajstić information content (AvgIpc) is 3.07. The summed E-state index contributed by atoms with van der Waals surface area (Å²) in [6, 6.07) is 9.89. The summed E-state index contributed by atoms with van der Waals surface area (Å²) in [4.78, 5) is 28.9. The molecule has 0 fully saturated rings. The lowest BCUT2D eigenvalue weighted by Crippen LogP contribution is -2.10. The normalized spacial score (nSPS) is 10.8. The van der Waals surface area contributed by atoms with Crippen LogP contribution in [0.15, 0.2) is 58.8 Å². The van der Waals surface area contributed by atoms with Crippen LogP contribution in [0.3, 0.4) is 0 Å². The van der Waals surface area contributed by atoms with Crippen molar-refractivity contribution in [2.45, 2.75) is 6.54 Å². The first-order valence-electron chi connectivity index (χ1n) is 8.07. The summed E-state index contributed by atoms with van der Waals surface area (Å²) in [6.45, 7) is -0.212. The Bertz CT molecular complexity index is 1180. The van der Waals surface area contributed by atoms with Gasteiger partial charge in [0.25, 0.3) is 5.56 Å². The summed E-state index contributed by atoms with van der Waals surface area (Å²) in [5.74, 6) is 0.154. The molecule has 0 aliphatic heterocycles. The standard InChI is InChI=1S/C18H14N6O3/c25-11-5-3-10(4-6-11)22-13-8-20-17-16(13)15(14(9-21-27)23-24-17)12-2-1-7-19-18(12)26/h1-8,22,25H,9H2,(H,19,26)(H,20,24). The lowest BCUT2D eigenvalue weighted by molar-refractivity contribution is 0.475. The van der Waals surface area contributed by atoms with Crippen LogP contribution in [-0.4, -0.2) is 25.3 Å². The summed E-state index contributed by atoms with van der Waals surface area (Å²) >= 11 is 0. The van der Waals surface area contributed by atoms with Crippen LogP contribution in [0.4, 0.5) is 11.4 Å². The number of phenols is 1. The van der Waals surface area contributed by atoms with Crippen LogP contribution in [0, 0.1) is 4.91 Å². The summed E-state index contributed by atoms with van der Waals surface area (Å²) in [5.41, 5.74) is 2.69. The molecule has 4 rings (SSSR count). The number of fused-ring (bicyclic) bond motifs is 1. The van der Waals surface area contributed by atoms with Crippen molar-refractivity contribution in [1.82, 2.24) is 20.2 Å². The van der Waals surface area contributed by atoms with E-state index >= 15 is 0 Å². The van der Waals surface area contributed by atoms with E-state index in [0.29, 0.717) is 33.5 Å². The van der Waals surface area contributed by atoms with Gasteiger partial charge in [-0.3, -0.25) is 4.79 Å². The van der Waals surface area contributed by atoms with Crippen molar-refractivity contribution in [3.8, 4) is 16.9 Å². The van der Waals surface area contributed by atoms with Crippen LogP contribution in [-0.2, 0) is 6.54 Å². The smallest absolute Gasteiger partial charge is 0.255 e. The first kappa shape index (κ1) is 16.5. The van der Waals surface area contributed by atoms with Gasteiger partial charge >= 0.3 is 0 Å². The van der Waals surface area contributed by atoms with Gasteiger partial charge in [0.1, 0.15) is 12.3 Å². The molecule has 4 N–H and O–H groups in total. The maximum atomic E-state index is 12.4. The fourth-order valence-corrected chi connectivity index (χ4v) is 2.93. The van der Waals surface area contributed by atoms with Gasteiger partial charge in [-0.15, -0.1) is 5.10 Å². The molecule has 0 saturated carbocycles. The Kier molecular flexibility index (Phi) is 4.09. The van der Waals surface area contributed by atoms with E-state index < -0.39 is 0 Å². The monoisotopic (exact) mass is 362 g/mol. The quantitative estimate of drug-likeness (QED) is 0.318. The van der Waals surface area contributed by atoms with Crippen molar-refractivity contribution in [2.24, 2.45) is 5.18 Å². The van der Waals surface area contributed by atoms with E-state index in [1.165, 1.54) is 6.20 Å². The second kappa shape index (κ2) is 6.71. The van der Waals surface area contributed by atoms with Gasteiger partial charge in [0, 0.05) is 29.2 Å². The number of hydrogen-bond donors (Lipinski definition) is 4. The Morgan fingerprint density at radius 1 is 1.11 bits per heavy atom. The van der Waals surface area contributed by atoms with E-state index in [1.807, 2.05) is 0 Å². The van der Waals surface area contributed by atoms with Crippen LogP contribution in [0.5, 0.6) is 5.75 Å². The minimum atomic E-state index is -0.310. The van der Waals surface area contributed by atoms with E-state index in [0.717, 1.165) is 5.69 Å². The molecule has 3 heterocycles. The van der Waals surface area contributed by atoms with Crippen molar-refractivity contribution in [2.75, 3.05) is 5.32 Å². The predicted octanol–water partition coefficient (Wildman–Crippen LogP) is 3.03. The third-order valence-corrected chi connectivity index (χ3v) is 4.12. The van der Waals surface area contributed by atoms with E-state index in [1.54, 1.807) is 42.6 Å². The highest BCUT2D eigenvalue weighted by Crippen LogP contribution is 2.35. The van der Waals surface area contributed by atoms with Crippen molar-refractivity contribution in [3.05, 3.63) is 69.7 Å². The number of aromatic nitrogens is 4. The van der Waals surface area contributed by atoms with Gasteiger partial charge in [-0.25, -0.2) is 0 Å². The number of anilines is 2. The zero-order chi connectivity index (χ0) is 18.8. The first-order valence-corrected chi connectivity index (χ1v) is 8.07. The van der Waals surface area contributed by atoms with Gasteiger partial charge in [0.05, 0.1) is 16.8 Å². The first-order chi connectivity index (χ1) is 13.2. The molecule has 134 valence electrons. The van der Waals surface area contributed by atoms with E-state index in [2.05, 4.69) is 30.7 Å². The fraction of sp³-hybridized carbons (Fsp3) is 0.0556. The second-order valence-electron chi connectivity index (χ2n) is 5.82. The molecule has 27 heavy (non-hydrogen) atoms. The second-order valence-corrected chi connectivity index (χ2v) is 5.82. The van der Waals surface area contributed by atoms with Gasteiger partial charge in [-0.2, -0.15) is 10.0 Å². The number of pyridine rings is 1. The maximum Gasteiger partial charge on any atom is 0.255 e. The Morgan fingerprint density at radius 3 is 2.67 bits per heavy atom. The third-order valence-electron chi connectivity index (χ3n) is 4.12. The summed E-state index contributed by atoms with van der Waals surface area (Å²) in [7, 11) is 0. The molecule has 0 saturated heterocycles. The molecule has 9 nitrogen and oxygen atoms in total. The third kappa shape index (κ3) is 3.01. The van der Waals surface area contributed by atoms with Crippen LogP contribution in [0.1, 0.15) is 5.69 Å². The highest BCUT2D eigenvalue weighted by atomic mass is 16.3. The molecule has 3 aromatic heterocycles. The van der Waals surface area contributed by atoms with E-state index in [4.69, 9.17) is 0 Å². The summed E-state index contributed by atoms with van der Waals surface area (Å²) in [5, 5.41) is 24.3. The predicted molar refractivity (Wildman–Crippen MR) is 101 cm³/mol. The van der Waals surface area contributed by atoms with Crippen molar-refractivity contribution in [3.63, 3.8) is 0 Å².